The van der Waals surface area contributed by atoms with Gasteiger partial charge in [-0.15, -0.1) is 0 Å². The molecule has 7 aliphatic heterocycles. The van der Waals surface area contributed by atoms with Crippen molar-refractivity contribution in [2.24, 2.45) is 23.7 Å². The predicted molar refractivity (Wildman–Crippen MR) is 479 cm³/mol. The standard InChI is InChI=1S/C95H124N18O14/c1-60-13-8-7-9-14-62(3)82(122-6)51-74-15-12-17-81(124-74)86(117)90(119)112-33-11-10-16-77(112)91(120)125-72(25-18-61(2)48-64(5)79(115)52-78(114)63(4)47-60)26-20-65-21-27-73(28-22-65)126-95(121)111-35-31-75-71(58-111)55-100-94(104-75)109-42-40-107(41-43-109)83(116)32-45-123-46-44-106-36-38-108(39-37-106)93-98-53-70(54-99-93)89(118)110-34-30-67-49-66(19-23-69(67)57-110)56-113-88-84(87(96)101-59-102-88)85(105-113)68-24-29-80-76(50-68)103-92(97)127-80/h7-9,13-14,19,23-24,29,48-50,53-55,59-61,63,65,72-74,77,79,81-82,115H,10-12,15-18,20-22,25-28,30-47,51-52,56-58H2,1-6H3,(H2,97,103)(H2,96,101,102)/b9-7?,13-8+,62-14?,64-48+/t60-,61+,63-,65?,72+,73?,74?,77+,79+,81?,82+/m1/s1. The maximum Gasteiger partial charge on any atom is 0.410 e. The summed E-state index contributed by atoms with van der Waals surface area (Å²) in [5.74, 6) is -0.207. The summed E-state index contributed by atoms with van der Waals surface area (Å²) in [6.07, 6.45) is 26.9. The summed E-state index contributed by atoms with van der Waals surface area (Å²) >= 11 is 0. The maximum atomic E-state index is 14.5. The molecule has 0 spiro atoms. The number of aliphatic hydroxyl groups excluding tert-OH is 1. The van der Waals surface area contributed by atoms with Crippen molar-refractivity contribution in [3.05, 3.63) is 142 Å². The van der Waals surface area contributed by atoms with Crippen molar-refractivity contribution >= 4 is 87.2 Å². The number of nitrogens with zero attached hydrogens (tertiary/aromatic N) is 16. The molecule has 8 aliphatic rings. The number of Topliss-reactive ketones (excluding diaryl/α,β-unsaturated/α-hetero) is 2. The van der Waals surface area contributed by atoms with Crippen LogP contribution in [0.15, 0.2) is 113 Å². The molecule has 678 valence electrons. The van der Waals surface area contributed by atoms with E-state index < -0.39 is 42.0 Å². The minimum atomic E-state index is -0.927. The van der Waals surface area contributed by atoms with Gasteiger partial charge >= 0.3 is 12.1 Å². The number of allylic oxidation sites excluding steroid dienone is 6. The fraction of sp³-hybridized carbons (Fsp3) is 0.568. The van der Waals surface area contributed by atoms with Crippen LogP contribution >= 0.6 is 0 Å². The van der Waals surface area contributed by atoms with Crippen LogP contribution in [0.3, 0.4) is 0 Å². The summed E-state index contributed by atoms with van der Waals surface area (Å²) in [6, 6.07) is 11.0. The number of anilines is 4. The van der Waals surface area contributed by atoms with E-state index in [9.17, 15) is 38.7 Å². The monoisotopic (exact) mass is 1740 g/mol. The highest BCUT2D eigenvalue weighted by atomic mass is 16.6. The Morgan fingerprint density at radius 3 is 2.25 bits per heavy atom. The summed E-state index contributed by atoms with van der Waals surface area (Å²) in [6.45, 7) is 19.3. The summed E-state index contributed by atoms with van der Waals surface area (Å²) in [5, 5.41) is 16.9. The van der Waals surface area contributed by atoms with Crippen LogP contribution in [0.2, 0.25) is 0 Å². The van der Waals surface area contributed by atoms with Gasteiger partial charge in [0.1, 0.15) is 53.5 Å². The molecule has 0 radical (unpaired) electrons. The number of fused-ring (bicyclic) bond motifs is 7. The van der Waals surface area contributed by atoms with Crippen molar-refractivity contribution in [2.45, 2.75) is 225 Å². The number of piperidine rings is 1. The van der Waals surface area contributed by atoms with Crippen LogP contribution in [0.5, 0.6) is 0 Å². The lowest BCUT2D eigenvalue weighted by Gasteiger charge is -2.36. The third kappa shape index (κ3) is 23.0. The number of methoxy groups -OCH3 is 1. The molecule has 15 rings (SSSR count). The van der Waals surface area contributed by atoms with Gasteiger partial charge in [0.05, 0.1) is 67.7 Å². The minimum absolute atomic E-state index is 0.0108. The first-order chi connectivity index (χ1) is 61.5. The molecule has 5 fully saturated rings. The van der Waals surface area contributed by atoms with E-state index in [1.165, 1.54) is 16.8 Å². The Labute approximate surface area is 742 Å². The van der Waals surface area contributed by atoms with Crippen molar-refractivity contribution in [1.29, 1.82) is 0 Å². The molecule has 12 heterocycles. The zero-order valence-electron chi connectivity index (χ0n) is 74.3. The number of hydrogen-bond acceptors (Lipinski definition) is 27. The number of esters is 1. The number of ether oxygens (including phenoxy) is 5. The number of rotatable bonds is 17. The van der Waals surface area contributed by atoms with Crippen molar-refractivity contribution in [2.75, 3.05) is 120 Å². The van der Waals surface area contributed by atoms with Crippen LogP contribution in [0.25, 0.3) is 33.4 Å². The fourth-order valence-corrected chi connectivity index (χ4v) is 19.2. The Balaban J connectivity index is 0.458. The van der Waals surface area contributed by atoms with E-state index >= 15 is 0 Å². The van der Waals surface area contributed by atoms with Crippen molar-refractivity contribution < 1.29 is 66.8 Å². The number of amides is 4. The van der Waals surface area contributed by atoms with E-state index in [2.05, 4.69) is 77.7 Å². The molecular weight excluding hydrogens is 1620 g/mol. The molecule has 5 aromatic heterocycles. The van der Waals surface area contributed by atoms with E-state index in [1.54, 1.807) is 30.5 Å². The van der Waals surface area contributed by atoms with Crippen LogP contribution in [0.4, 0.5) is 28.5 Å². The SMILES string of the molecule is CO[C@H]1CC2CCCC(O2)C(=O)C(=O)N2CCCC[C@H]2C(=O)O[C@H](CCC2CCC(OC(=O)N3CCc4nc(N5CCN(C(=O)CCOCCN6CCN(c7ncc(C(=O)N8CCc9cc(Cn%10nc(-c%11ccc%12oc(N)nc%12c%11)c%11c(N)ncnc%11%10)ccc9C8)cn7)CC6)CC5)ncc4C3)CC2)CC[C@H](C)/C=C(\C)[C@@H](O)CC(=O)[C@H](C)C[C@H](C)/C=C/C=CC=C1C. The van der Waals surface area contributed by atoms with E-state index in [4.69, 9.17) is 54.6 Å². The molecule has 32 heteroatoms. The van der Waals surface area contributed by atoms with Crippen molar-refractivity contribution in [3.63, 3.8) is 0 Å². The lowest BCUT2D eigenvalue weighted by Crippen LogP contribution is -2.54. The van der Waals surface area contributed by atoms with Gasteiger partial charge in [-0.1, -0.05) is 75.4 Å². The number of aromatic nitrogens is 9. The highest BCUT2D eigenvalue weighted by molar-refractivity contribution is 6.38. The molecule has 2 bridgehead atoms. The van der Waals surface area contributed by atoms with Gasteiger partial charge in [-0.2, -0.15) is 10.1 Å². The first kappa shape index (κ1) is 90.8. The van der Waals surface area contributed by atoms with E-state index in [0.29, 0.717) is 225 Å². The average molecular weight is 1740 g/mol. The number of benzene rings is 2. The Kier molecular flexibility index (Phi) is 30.3. The number of nitrogen functional groups attached to an aromatic ring is 2. The van der Waals surface area contributed by atoms with Crippen LogP contribution < -0.4 is 21.3 Å². The second kappa shape index (κ2) is 42.3. The molecule has 4 amide bonds. The second-order valence-electron chi connectivity index (χ2n) is 36.0. The third-order valence-corrected chi connectivity index (χ3v) is 26.9. The number of oxazole rings is 1. The summed E-state index contributed by atoms with van der Waals surface area (Å²) in [7, 11) is 1.66. The van der Waals surface area contributed by atoms with E-state index in [1.807, 2.05) is 84.0 Å². The van der Waals surface area contributed by atoms with Gasteiger partial charge in [-0.05, 0) is 180 Å². The fourth-order valence-electron chi connectivity index (χ4n) is 19.2. The number of cyclic esters (lactones) is 1. The minimum Gasteiger partial charge on any atom is -0.461 e. The summed E-state index contributed by atoms with van der Waals surface area (Å²) in [5.41, 5.74) is 22.6. The number of aliphatic hydroxyl groups is 1. The molecule has 7 aromatic rings. The molecule has 127 heavy (non-hydrogen) atoms. The van der Waals surface area contributed by atoms with Crippen LogP contribution in [-0.4, -0.2) is 257 Å². The zero-order valence-corrected chi connectivity index (χ0v) is 74.3. The highest BCUT2D eigenvalue weighted by Gasteiger charge is 2.42. The highest BCUT2D eigenvalue weighted by Crippen LogP contribution is 2.37. The molecule has 2 unspecified atom stereocenters. The van der Waals surface area contributed by atoms with Crippen LogP contribution in [-0.2, 0) is 80.1 Å². The lowest BCUT2D eigenvalue weighted by atomic mass is 9.83. The van der Waals surface area contributed by atoms with Crippen molar-refractivity contribution in [3.8, 4) is 11.3 Å². The number of piperazine rings is 2. The van der Waals surface area contributed by atoms with Crippen LogP contribution in [0, 0.1) is 23.7 Å². The maximum absolute atomic E-state index is 14.5. The average Bonchev–Trinajstić information content (AvgIpc) is 1.62. The first-order valence-electron chi connectivity index (χ1n) is 45.9. The molecule has 4 saturated heterocycles. The quantitative estimate of drug-likeness (QED) is 0.0330. The van der Waals surface area contributed by atoms with Gasteiger partial charge in [0.15, 0.2) is 11.2 Å². The Bertz CT molecular complexity index is 5180. The molecule has 1 saturated carbocycles. The van der Waals surface area contributed by atoms with Gasteiger partial charge in [0.25, 0.3) is 17.8 Å². The number of nitrogens with two attached hydrogens (primary N) is 2. The van der Waals surface area contributed by atoms with Gasteiger partial charge < -0.3 is 74.1 Å². The topological polar surface area (TPSA) is 382 Å². The lowest BCUT2D eigenvalue weighted by molar-refractivity contribution is -0.167. The number of carbonyl (C=O) groups excluding carboxylic acids is 7. The first-order valence-corrected chi connectivity index (χ1v) is 45.9. The molecule has 2 aromatic carbocycles. The number of ketones is 2. The normalized spacial score (nSPS) is 25.8. The molecular formula is C95H124N18O14. The summed E-state index contributed by atoms with van der Waals surface area (Å²) < 4.78 is 38.3. The van der Waals surface area contributed by atoms with Crippen LogP contribution in [0.1, 0.15) is 188 Å². The van der Waals surface area contributed by atoms with E-state index in [0.717, 1.165) is 97.5 Å². The number of carbonyl (C=O) groups is 7. The number of hydrogen-bond donors (Lipinski definition) is 3. The Morgan fingerprint density at radius 2 is 1.45 bits per heavy atom. The zero-order chi connectivity index (χ0) is 88.8. The van der Waals surface area contributed by atoms with Crippen molar-refractivity contribution in [1.82, 2.24) is 69.2 Å². The Morgan fingerprint density at radius 1 is 0.677 bits per heavy atom. The van der Waals surface area contributed by atoms with Gasteiger partial charge in [0, 0.05) is 147 Å². The van der Waals surface area contributed by atoms with E-state index in [-0.39, 0.29) is 78.7 Å². The smallest absolute Gasteiger partial charge is 0.410 e. The Hall–Kier alpha value is -10.9. The van der Waals surface area contributed by atoms with Gasteiger partial charge in [-0.25, -0.2) is 44.2 Å². The summed E-state index contributed by atoms with van der Waals surface area (Å²) in [4.78, 5) is 143. The largest absolute Gasteiger partial charge is 0.461 e. The predicted octanol–water partition coefficient (Wildman–Crippen LogP) is 11.0. The van der Waals surface area contributed by atoms with Gasteiger partial charge in [0.2, 0.25) is 23.6 Å². The second-order valence-corrected chi connectivity index (χ2v) is 36.0. The molecule has 5 N–H and O–H groups in total. The van der Waals surface area contributed by atoms with Gasteiger partial charge in [-0.3, -0.25) is 28.9 Å². The molecule has 1 aliphatic carbocycles. The molecule has 32 nitrogen and oxygen atoms in total. The molecule has 9 atom stereocenters. The third-order valence-electron chi connectivity index (χ3n) is 26.9.